The smallest absolute Gasteiger partial charge is 0.0303 e. The Morgan fingerprint density at radius 1 is 1.60 bits per heavy atom. The molecule has 1 rings (SSSR count). The zero-order valence-corrected chi connectivity index (χ0v) is 9.66. The predicted octanol–water partition coefficient (Wildman–Crippen LogP) is 3.00. The Balaban J connectivity index is 2.72. The molecule has 0 saturated carbocycles. The summed E-state index contributed by atoms with van der Waals surface area (Å²) in [7, 11) is 0. The Morgan fingerprint density at radius 3 is 2.93 bits per heavy atom. The molecule has 0 aromatic carbocycles. The summed E-state index contributed by atoms with van der Waals surface area (Å²) in [5.74, 6) is 0. The van der Waals surface area contributed by atoms with Gasteiger partial charge in [0.15, 0.2) is 0 Å². The molecule has 2 heteroatoms. The highest BCUT2D eigenvalue weighted by molar-refractivity contribution is 5.26. The molecule has 0 saturated heterocycles. The summed E-state index contributed by atoms with van der Waals surface area (Å²) in [5, 5.41) is 0. The van der Waals surface area contributed by atoms with Crippen LogP contribution in [0, 0.1) is 0 Å². The molecule has 1 unspecified atom stereocenters. The summed E-state index contributed by atoms with van der Waals surface area (Å²) < 4.78 is 0. The van der Waals surface area contributed by atoms with Crippen molar-refractivity contribution in [1.82, 2.24) is 4.98 Å². The van der Waals surface area contributed by atoms with E-state index < -0.39 is 0 Å². The fraction of sp³-hybridized carbons (Fsp3) is 0.462. The average Bonchev–Trinajstić information content (AvgIpc) is 2.25. The molecular weight excluding hydrogens is 184 g/mol. The van der Waals surface area contributed by atoms with Crippen molar-refractivity contribution in [2.24, 2.45) is 5.73 Å². The maximum atomic E-state index is 6.15. The van der Waals surface area contributed by atoms with Crippen molar-refractivity contribution >= 4 is 0 Å². The number of pyridine rings is 1. The number of allylic oxidation sites excluding steroid dienone is 1. The minimum atomic E-state index is 0.111. The van der Waals surface area contributed by atoms with Crippen LogP contribution in [0.3, 0.4) is 0 Å². The van der Waals surface area contributed by atoms with Crippen LogP contribution in [0.4, 0.5) is 0 Å². The van der Waals surface area contributed by atoms with Crippen molar-refractivity contribution < 1.29 is 0 Å². The lowest BCUT2D eigenvalue weighted by Crippen LogP contribution is -2.12. The van der Waals surface area contributed by atoms with E-state index in [0.717, 1.165) is 19.3 Å². The highest BCUT2D eigenvalue weighted by Crippen LogP contribution is 2.21. The first-order chi connectivity index (χ1) is 7.15. The normalized spacial score (nSPS) is 12.5. The number of hydrogen-bond acceptors (Lipinski definition) is 2. The van der Waals surface area contributed by atoms with E-state index >= 15 is 0 Å². The fourth-order valence-electron chi connectivity index (χ4n) is 1.65. The highest BCUT2D eigenvalue weighted by atomic mass is 14.7. The number of nitrogens with zero attached hydrogens (tertiary/aromatic N) is 1. The summed E-state index contributed by atoms with van der Waals surface area (Å²) in [4.78, 5) is 4.12. The summed E-state index contributed by atoms with van der Waals surface area (Å²) >= 11 is 0. The molecule has 0 fully saturated rings. The number of aromatic nitrogens is 1. The van der Waals surface area contributed by atoms with Gasteiger partial charge in [0.05, 0.1) is 0 Å². The van der Waals surface area contributed by atoms with E-state index in [2.05, 4.69) is 18.5 Å². The molecule has 1 aromatic rings. The highest BCUT2D eigenvalue weighted by Gasteiger charge is 2.09. The quantitative estimate of drug-likeness (QED) is 0.749. The van der Waals surface area contributed by atoms with E-state index in [9.17, 15) is 0 Å². The monoisotopic (exact) mass is 204 g/mol. The van der Waals surface area contributed by atoms with Gasteiger partial charge in [-0.05, 0) is 43.4 Å². The predicted molar refractivity (Wildman–Crippen MR) is 64.6 cm³/mol. The molecule has 82 valence electrons. The molecule has 0 aliphatic heterocycles. The van der Waals surface area contributed by atoms with E-state index in [0.29, 0.717) is 0 Å². The first-order valence-electron chi connectivity index (χ1n) is 5.48. The summed E-state index contributed by atoms with van der Waals surface area (Å²) in [6, 6.07) is 2.14. The largest absolute Gasteiger partial charge is 0.324 e. The number of nitrogens with two attached hydrogens (primary N) is 1. The van der Waals surface area contributed by atoms with Crippen LogP contribution in [-0.2, 0) is 6.42 Å². The molecule has 2 nitrogen and oxygen atoms in total. The fourth-order valence-corrected chi connectivity index (χ4v) is 1.65. The first-order valence-corrected chi connectivity index (χ1v) is 5.48. The standard InChI is InChI=1S/C13H20N2/c1-4-11-9-15-8-7-12(11)13(14)6-5-10(2)3/h7-9,13H,2,4-6,14H2,1,3H3. The lowest BCUT2D eigenvalue weighted by molar-refractivity contribution is 0.642. The molecule has 15 heavy (non-hydrogen) atoms. The van der Waals surface area contributed by atoms with Crippen molar-refractivity contribution in [3.63, 3.8) is 0 Å². The third-order valence-corrected chi connectivity index (χ3v) is 2.60. The van der Waals surface area contributed by atoms with E-state index in [1.54, 1.807) is 0 Å². The van der Waals surface area contributed by atoms with Crippen LogP contribution in [0.2, 0.25) is 0 Å². The van der Waals surface area contributed by atoms with Crippen molar-refractivity contribution in [3.05, 3.63) is 41.7 Å². The Hall–Kier alpha value is -1.15. The summed E-state index contributed by atoms with van der Waals surface area (Å²) in [5.41, 5.74) is 9.83. The molecular formula is C13H20N2. The van der Waals surface area contributed by atoms with Gasteiger partial charge in [-0.25, -0.2) is 0 Å². The van der Waals surface area contributed by atoms with Gasteiger partial charge in [-0.3, -0.25) is 4.98 Å². The van der Waals surface area contributed by atoms with Crippen molar-refractivity contribution in [1.29, 1.82) is 0 Å². The molecule has 0 aliphatic carbocycles. The molecule has 0 radical (unpaired) electrons. The van der Waals surface area contributed by atoms with Crippen LogP contribution in [0.25, 0.3) is 0 Å². The number of rotatable bonds is 5. The molecule has 0 aliphatic rings. The SMILES string of the molecule is C=C(C)CCC(N)c1ccncc1CC. The van der Waals surface area contributed by atoms with Gasteiger partial charge in [0.1, 0.15) is 0 Å². The second kappa shape index (κ2) is 5.66. The Bertz CT molecular complexity index is 331. The van der Waals surface area contributed by atoms with Gasteiger partial charge in [0, 0.05) is 18.4 Å². The van der Waals surface area contributed by atoms with Crippen LogP contribution < -0.4 is 5.73 Å². The van der Waals surface area contributed by atoms with Crippen LogP contribution in [0.15, 0.2) is 30.6 Å². The van der Waals surface area contributed by atoms with Gasteiger partial charge in [-0.15, -0.1) is 6.58 Å². The Morgan fingerprint density at radius 2 is 2.33 bits per heavy atom. The lowest BCUT2D eigenvalue weighted by Gasteiger charge is -2.15. The molecule has 1 heterocycles. The van der Waals surface area contributed by atoms with E-state index in [1.165, 1.54) is 16.7 Å². The molecule has 0 bridgehead atoms. The number of aryl methyl sites for hydroxylation is 1. The second-order valence-corrected chi connectivity index (χ2v) is 4.03. The molecule has 2 N–H and O–H groups in total. The molecule has 0 spiro atoms. The zero-order valence-electron chi connectivity index (χ0n) is 9.66. The molecule has 1 aromatic heterocycles. The van der Waals surface area contributed by atoms with Gasteiger partial charge in [-0.1, -0.05) is 12.5 Å². The molecule has 0 amide bonds. The molecule has 1 atom stereocenters. The zero-order chi connectivity index (χ0) is 11.3. The third kappa shape index (κ3) is 3.48. The second-order valence-electron chi connectivity index (χ2n) is 4.03. The summed E-state index contributed by atoms with van der Waals surface area (Å²) in [6.45, 7) is 8.07. The van der Waals surface area contributed by atoms with Gasteiger partial charge in [0.25, 0.3) is 0 Å². The number of hydrogen-bond donors (Lipinski definition) is 1. The van der Waals surface area contributed by atoms with E-state index in [-0.39, 0.29) is 6.04 Å². The van der Waals surface area contributed by atoms with E-state index in [4.69, 9.17) is 5.73 Å². The summed E-state index contributed by atoms with van der Waals surface area (Å²) in [6.07, 6.45) is 6.67. The first kappa shape index (κ1) is 11.9. The minimum Gasteiger partial charge on any atom is -0.324 e. The van der Waals surface area contributed by atoms with Crippen molar-refractivity contribution in [3.8, 4) is 0 Å². The van der Waals surface area contributed by atoms with E-state index in [1.807, 2.05) is 25.4 Å². The van der Waals surface area contributed by atoms with Crippen LogP contribution in [0.1, 0.15) is 43.9 Å². The third-order valence-electron chi connectivity index (χ3n) is 2.60. The van der Waals surface area contributed by atoms with Gasteiger partial charge < -0.3 is 5.73 Å². The minimum absolute atomic E-state index is 0.111. The van der Waals surface area contributed by atoms with Crippen LogP contribution >= 0.6 is 0 Å². The van der Waals surface area contributed by atoms with Crippen molar-refractivity contribution in [2.45, 2.75) is 39.2 Å². The van der Waals surface area contributed by atoms with Crippen LogP contribution in [0.5, 0.6) is 0 Å². The maximum Gasteiger partial charge on any atom is 0.0303 e. The maximum absolute atomic E-state index is 6.15. The average molecular weight is 204 g/mol. The van der Waals surface area contributed by atoms with Gasteiger partial charge in [0.2, 0.25) is 0 Å². The van der Waals surface area contributed by atoms with Crippen LogP contribution in [-0.4, -0.2) is 4.98 Å². The van der Waals surface area contributed by atoms with Crippen molar-refractivity contribution in [2.75, 3.05) is 0 Å². The lowest BCUT2D eigenvalue weighted by atomic mass is 9.97. The van der Waals surface area contributed by atoms with Gasteiger partial charge >= 0.3 is 0 Å². The Kier molecular flexibility index (Phi) is 4.50. The Labute approximate surface area is 92.2 Å². The van der Waals surface area contributed by atoms with Gasteiger partial charge in [-0.2, -0.15) is 0 Å². The topological polar surface area (TPSA) is 38.9 Å².